The van der Waals surface area contributed by atoms with Gasteiger partial charge < -0.3 is 20.0 Å². The zero-order valence-corrected chi connectivity index (χ0v) is 23.2. The highest BCUT2D eigenvalue weighted by Gasteiger charge is 2.37. The second kappa shape index (κ2) is 12.1. The SMILES string of the molecule is [C-]#[N+]c1ccc(N2C(=O)CC[C@@H]2[C@@H](C)O)c(C)c1Cl.[C-]#[N+]c1ccc(N2C(=O)CC[C@@H]2[C@H](C)O)c(C)c1Cl. The number of hydrogen-bond donors (Lipinski definition) is 2. The maximum absolute atomic E-state index is 12.0. The van der Waals surface area contributed by atoms with Crippen LogP contribution in [0.15, 0.2) is 24.3 Å². The van der Waals surface area contributed by atoms with Gasteiger partial charge in [0.05, 0.1) is 47.5 Å². The Balaban J connectivity index is 0.000000211. The minimum atomic E-state index is -0.592. The van der Waals surface area contributed by atoms with Crippen molar-refractivity contribution in [1.29, 1.82) is 0 Å². The molecule has 0 aliphatic carbocycles. The molecule has 0 spiro atoms. The molecule has 2 aromatic carbocycles. The minimum absolute atomic E-state index is 0.0133. The predicted molar refractivity (Wildman–Crippen MR) is 149 cm³/mol. The van der Waals surface area contributed by atoms with Gasteiger partial charge in [0.2, 0.25) is 23.2 Å². The lowest BCUT2D eigenvalue weighted by atomic mass is 10.1. The van der Waals surface area contributed by atoms with E-state index in [9.17, 15) is 19.8 Å². The molecule has 2 fully saturated rings. The number of amides is 2. The first-order valence-corrected chi connectivity index (χ1v) is 13.0. The molecular formula is C28H30Cl2N4O4. The number of benzene rings is 2. The molecule has 0 saturated carbocycles. The largest absolute Gasteiger partial charge is 0.391 e. The molecular weight excluding hydrogens is 527 g/mol. The third-order valence-electron chi connectivity index (χ3n) is 7.06. The lowest BCUT2D eigenvalue weighted by Gasteiger charge is -2.28. The number of aliphatic hydroxyl groups is 2. The number of rotatable bonds is 4. The third kappa shape index (κ3) is 5.65. The summed E-state index contributed by atoms with van der Waals surface area (Å²) in [4.78, 5) is 33.9. The van der Waals surface area contributed by atoms with E-state index in [-0.39, 0.29) is 23.9 Å². The van der Waals surface area contributed by atoms with Gasteiger partial charge >= 0.3 is 0 Å². The van der Waals surface area contributed by atoms with E-state index >= 15 is 0 Å². The van der Waals surface area contributed by atoms with Crippen LogP contribution in [0.3, 0.4) is 0 Å². The molecule has 0 bridgehead atoms. The minimum Gasteiger partial charge on any atom is -0.391 e. The standard InChI is InChI=1S/2C14H15ClN2O2/c2*1-8-11(5-4-10(16-3)14(8)15)17-12(9(2)18)6-7-13(17)19/h2*4-5,9,12,18H,6-7H2,1-2H3/t9-,12+;9-,12-/m01/s1. The van der Waals surface area contributed by atoms with Crippen molar-refractivity contribution in [2.24, 2.45) is 0 Å². The van der Waals surface area contributed by atoms with Crippen LogP contribution in [0, 0.1) is 27.0 Å². The zero-order chi connectivity index (χ0) is 28.3. The summed E-state index contributed by atoms with van der Waals surface area (Å²) in [7, 11) is 0. The molecule has 2 heterocycles. The van der Waals surface area contributed by atoms with Gasteiger partial charge in [0.25, 0.3) is 0 Å². The molecule has 2 aromatic rings. The van der Waals surface area contributed by atoms with Crippen molar-refractivity contribution >= 4 is 57.8 Å². The summed E-state index contributed by atoms with van der Waals surface area (Å²) in [5.74, 6) is -0.0266. The van der Waals surface area contributed by atoms with E-state index in [4.69, 9.17) is 36.3 Å². The molecule has 2 N–H and O–H groups in total. The quantitative estimate of drug-likeness (QED) is 0.442. The number of hydrogen-bond acceptors (Lipinski definition) is 4. The summed E-state index contributed by atoms with van der Waals surface area (Å²) < 4.78 is 0. The Hall–Kier alpha value is -3.14. The fourth-order valence-electron chi connectivity index (χ4n) is 4.97. The van der Waals surface area contributed by atoms with Crippen molar-refractivity contribution in [3.63, 3.8) is 0 Å². The van der Waals surface area contributed by atoms with E-state index in [2.05, 4.69) is 9.69 Å². The van der Waals surface area contributed by atoms with Gasteiger partial charge in [0.1, 0.15) is 0 Å². The highest BCUT2D eigenvalue weighted by atomic mass is 35.5. The molecule has 0 unspecified atom stereocenters. The lowest BCUT2D eigenvalue weighted by molar-refractivity contribution is -0.118. The van der Waals surface area contributed by atoms with Crippen LogP contribution < -0.4 is 9.80 Å². The van der Waals surface area contributed by atoms with Gasteiger partial charge in [-0.05, 0) is 63.8 Å². The smallest absolute Gasteiger partial charge is 0.227 e. The van der Waals surface area contributed by atoms with Gasteiger partial charge in [-0.2, -0.15) is 0 Å². The molecule has 2 amide bonds. The summed E-state index contributed by atoms with van der Waals surface area (Å²) in [5.41, 5.74) is 3.54. The summed E-state index contributed by atoms with van der Waals surface area (Å²) in [6.45, 7) is 21.0. The molecule has 38 heavy (non-hydrogen) atoms. The van der Waals surface area contributed by atoms with Gasteiger partial charge in [-0.3, -0.25) is 9.59 Å². The van der Waals surface area contributed by atoms with Crippen molar-refractivity contribution in [1.82, 2.24) is 0 Å². The Kier molecular flexibility index (Phi) is 9.40. The van der Waals surface area contributed by atoms with Crippen LogP contribution in [0.2, 0.25) is 10.0 Å². The number of nitrogens with zero attached hydrogens (tertiary/aromatic N) is 4. The highest BCUT2D eigenvalue weighted by molar-refractivity contribution is 6.35. The van der Waals surface area contributed by atoms with E-state index in [1.54, 1.807) is 61.8 Å². The highest BCUT2D eigenvalue weighted by Crippen LogP contribution is 2.39. The Labute approximate surface area is 233 Å². The van der Waals surface area contributed by atoms with Crippen molar-refractivity contribution in [3.8, 4) is 0 Å². The number of aliphatic hydroxyl groups excluding tert-OH is 2. The van der Waals surface area contributed by atoms with E-state index in [0.29, 0.717) is 69.6 Å². The third-order valence-corrected chi connectivity index (χ3v) is 8.01. The molecule has 4 rings (SSSR count). The van der Waals surface area contributed by atoms with Crippen molar-refractivity contribution < 1.29 is 19.8 Å². The Morgan fingerprint density at radius 3 is 1.42 bits per heavy atom. The molecule has 4 atom stereocenters. The average molecular weight is 557 g/mol. The van der Waals surface area contributed by atoms with Crippen LogP contribution in [0.5, 0.6) is 0 Å². The Morgan fingerprint density at radius 2 is 1.13 bits per heavy atom. The van der Waals surface area contributed by atoms with Crippen molar-refractivity contribution in [2.45, 2.75) is 77.7 Å². The first kappa shape index (κ1) is 29.4. The maximum atomic E-state index is 12.0. The summed E-state index contributed by atoms with van der Waals surface area (Å²) in [5, 5.41) is 20.3. The average Bonchev–Trinajstić information content (AvgIpc) is 3.45. The fourth-order valence-corrected chi connectivity index (χ4v) is 5.37. The Morgan fingerprint density at radius 1 is 0.789 bits per heavy atom. The van der Waals surface area contributed by atoms with E-state index in [0.717, 1.165) is 0 Å². The van der Waals surface area contributed by atoms with Crippen LogP contribution in [-0.4, -0.2) is 46.3 Å². The number of carbonyl (C=O) groups excluding carboxylic acids is 2. The lowest BCUT2D eigenvalue weighted by Crippen LogP contribution is -2.40. The number of halogens is 2. The first-order valence-electron chi connectivity index (χ1n) is 12.3. The topological polar surface area (TPSA) is 89.8 Å². The molecule has 200 valence electrons. The molecule has 0 radical (unpaired) electrons. The molecule has 8 nitrogen and oxygen atoms in total. The molecule has 0 aromatic heterocycles. The second-order valence-corrected chi connectivity index (χ2v) is 10.3. The van der Waals surface area contributed by atoms with E-state index in [1.807, 2.05) is 0 Å². The van der Waals surface area contributed by atoms with E-state index < -0.39 is 12.2 Å². The number of carbonyl (C=O) groups is 2. The fraction of sp³-hybridized carbons (Fsp3) is 0.429. The van der Waals surface area contributed by atoms with Crippen molar-refractivity contribution in [2.75, 3.05) is 9.80 Å². The summed E-state index contributed by atoms with van der Waals surface area (Å²) >= 11 is 12.3. The molecule has 2 saturated heterocycles. The van der Waals surface area contributed by atoms with Gasteiger partial charge in [-0.25, -0.2) is 9.69 Å². The van der Waals surface area contributed by atoms with Crippen LogP contribution in [0.4, 0.5) is 22.7 Å². The molecule has 2 aliphatic rings. The second-order valence-electron chi connectivity index (χ2n) is 9.53. The summed E-state index contributed by atoms with van der Waals surface area (Å²) in [6.07, 6.45) is 0.945. The van der Waals surface area contributed by atoms with Crippen LogP contribution in [-0.2, 0) is 9.59 Å². The van der Waals surface area contributed by atoms with Gasteiger partial charge in [-0.15, -0.1) is 0 Å². The van der Waals surface area contributed by atoms with Gasteiger partial charge in [0, 0.05) is 24.2 Å². The number of anilines is 2. The monoisotopic (exact) mass is 556 g/mol. The zero-order valence-electron chi connectivity index (χ0n) is 21.7. The molecule has 10 heteroatoms. The van der Waals surface area contributed by atoms with Gasteiger partial charge in [-0.1, -0.05) is 35.3 Å². The van der Waals surface area contributed by atoms with Crippen LogP contribution in [0.1, 0.15) is 50.7 Å². The van der Waals surface area contributed by atoms with Crippen molar-refractivity contribution in [3.05, 3.63) is 68.3 Å². The van der Waals surface area contributed by atoms with E-state index in [1.165, 1.54) is 0 Å². The van der Waals surface area contributed by atoms with Crippen LogP contribution >= 0.6 is 23.2 Å². The molecule has 2 aliphatic heterocycles. The maximum Gasteiger partial charge on any atom is 0.227 e. The summed E-state index contributed by atoms with van der Waals surface area (Å²) in [6, 6.07) is 6.24. The van der Waals surface area contributed by atoms with Crippen LogP contribution in [0.25, 0.3) is 9.69 Å². The Bertz CT molecular complexity index is 1230. The normalized spacial score (nSPS) is 20.5. The predicted octanol–water partition coefficient (Wildman–Crippen LogP) is 6.15. The first-order chi connectivity index (χ1) is 17.9. The van der Waals surface area contributed by atoms with Gasteiger partial charge in [0.15, 0.2) is 0 Å².